The number of hydrogen-bond acceptors (Lipinski definition) is 5. The number of imide groups is 2. The molecule has 10 heteroatoms. The van der Waals surface area contributed by atoms with Crippen LogP contribution in [0.2, 0.25) is 0 Å². The fraction of sp³-hybridized carbons (Fsp3) is 0.476. The molecule has 1 aromatic rings. The van der Waals surface area contributed by atoms with Crippen molar-refractivity contribution in [3.05, 3.63) is 29.8 Å². The molecule has 10 nitrogen and oxygen atoms in total. The van der Waals surface area contributed by atoms with Gasteiger partial charge in [0.15, 0.2) is 0 Å². The Morgan fingerprint density at radius 1 is 1.10 bits per heavy atom. The van der Waals surface area contributed by atoms with Gasteiger partial charge in [-0.05, 0) is 37.5 Å². The largest absolute Gasteiger partial charge is 0.326 e. The van der Waals surface area contributed by atoms with E-state index in [2.05, 4.69) is 21.3 Å². The lowest BCUT2D eigenvalue weighted by Crippen LogP contribution is -2.48. The van der Waals surface area contributed by atoms with E-state index in [0.29, 0.717) is 24.1 Å². The first-order valence-corrected chi connectivity index (χ1v) is 10.4. The van der Waals surface area contributed by atoms with Crippen molar-refractivity contribution in [2.24, 2.45) is 0 Å². The van der Waals surface area contributed by atoms with Crippen LogP contribution in [0.3, 0.4) is 0 Å². The maximum absolute atomic E-state index is 12.8. The van der Waals surface area contributed by atoms with Gasteiger partial charge < -0.3 is 16.0 Å². The maximum atomic E-state index is 12.8. The molecule has 4 N–H and O–H groups in total. The summed E-state index contributed by atoms with van der Waals surface area (Å²) < 4.78 is 0. The van der Waals surface area contributed by atoms with Crippen LogP contribution in [0.4, 0.5) is 15.3 Å². The molecular weight excluding hydrogens is 402 g/mol. The third kappa shape index (κ3) is 3.73. The van der Waals surface area contributed by atoms with E-state index >= 15 is 0 Å². The van der Waals surface area contributed by atoms with E-state index in [-0.39, 0.29) is 24.8 Å². The Bertz CT molecular complexity index is 971. The van der Waals surface area contributed by atoms with Gasteiger partial charge in [-0.15, -0.1) is 0 Å². The van der Waals surface area contributed by atoms with Crippen molar-refractivity contribution in [2.45, 2.75) is 56.5 Å². The van der Waals surface area contributed by atoms with E-state index in [0.717, 1.165) is 24.2 Å². The minimum Gasteiger partial charge on any atom is -0.326 e. The van der Waals surface area contributed by atoms with Crippen LogP contribution in [0.1, 0.15) is 51.0 Å². The number of urea groups is 2. The molecule has 7 amide bonds. The standard InChI is InChI=1S/C21H25N5O5/c1-20(16(28)23-18(30)24-20)13-6-5-7-14(12-13)22-15(27)8-11-26-17(29)21(25-19(26)31)9-3-2-4-10-21/h5-7,12H,2-4,8-11H2,1H3,(H,22,27)(H,25,31)(H2,23,24,28,30). The number of nitrogens with zero attached hydrogens (tertiary/aromatic N) is 1. The van der Waals surface area contributed by atoms with Crippen LogP contribution in [0.5, 0.6) is 0 Å². The number of carbonyl (C=O) groups is 5. The van der Waals surface area contributed by atoms with Gasteiger partial charge >= 0.3 is 12.1 Å². The zero-order valence-electron chi connectivity index (χ0n) is 17.2. The SMILES string of the molecule is CC1(c2cccc(NC(=O)CCN3C(=O)NC4(CCCCC4)C3=O)c2)NC(=O)NC1=O. The third-order valence-electron chi connectivity index (χ3n) is 6.28. The number of anilines is 1. The van der Waals surface area contributed by atoms with E-state index < -0.39 is 29.0 Å². The zero-order chi connectivity index (χ0) is 22.2. The molecule has 0 aromatic heterocycles. The summed E-state index contributed by atoms with van der Waals surface area (Å²) in [6.07, 6.45) is 4.07. The average Bonchev–Trinajstić information content (AvgIpc) is 3.13. The summed E-state index contributed by atoms with van der Waals surface area (Å²) in [7, 11) is 0. The summed E-state index contributed by atoms with van der Waals surface area (Å²) >= 11 is 0. The Morgan fingerprint density at radius 3 is 2.52 bits per heavy atom. The van der Waals surface area contributed by atoms with Gasteiger partial charge in [-0.1, -0.05) is 31.4 Å². The van der Waals surface area contributed by atoms with E-state index in [4.69, 9.17) is 0 Å². The summed E-state index contributed by atoms with van der Waals surface area (Å²) in [5.74, 6) is -1.09. The molecule has 3 aliphatic rings. The van der Waals surface area contributed by atoms with Crippen LogP contribution in [0.25, 0.3) is 0 Å². The summed E-state index contributed by atoms with van der Waals surface area (Å²) in [6, 6.07) is 5.58. The van der Waals surface area contributed by atoms with Gasteiger partial charge in [0.1, 0.15) is 11.1 Å². The fourth-order valence-electron chi connectivity index (χ4n) is 4.46. The van der Waals surface area contributed by atoms with Crippen LogP contribution in [0.15, 0.2) is 24.3 Å². The first-order valence-electron chi connectivity index (χ1n) is 10.4. The van der Waals surface area contributed by atoms with Crippen LogP contribution in [-0.2, 0) is 19.9 Å². The lowest BCUT2D eigenvalue weighted by Gasteiger charge is -2.30. The van der Waals surface area contributed by atoms with Crippen molar-refractivity contribution in [3.8, 4) is 0 Å². The molecule has 31 heavy (non-hydrogen) atoms. The Labute approximate surface area is 179 Å². The fourth-order valence-corrected chi connectivity index (χ4v) is 4.46. The number of nitrogens with one attached hydrogen (secondary N) is 4. The summed E-state index contributed by atoms with van der Waals surface area (Å²) in [4.78, 5) is 62.3. The van der Waals surface area contributed by atoms with Crippen molar-refractivity contribution in [3.63, 3.8) is 0 Å². The van der Waals surface area contributed by atoms with Gasteiger partial charge in [0.2, 0.25) is 5.91 Å². The molecule has 1 aromatic carbocycles. The van der Waals surface area contributed by atoms with Crippen LogP contribution in [-0.4, -0.2) is 46.8 Å². The van der Waals surface area contributed by atoms with Crippen LogP contribution < -0.4 is 21.3 Å². The highest BCUT2D eigenvalue weighted by molar-refractivity contribution is 6.08. The molecule has 1 atom stereocenters. The lowest BCUT2D eigenvalue weighted by molar-refractivity contribution is -0.132. The molecule has 1 unspecified atom stereocenters. The van der Waals surface area contributed by atoms with Gasteiger partial charge in [0.05, 0.1) is 0 Å². The van der Waals surface area contributed by atoms with E-state index in [1.165, 1.54) is 0 Å². The first kappa shape index (κ1) is 20.8. The van der Waals surface area contributed by atoms with Gasteiger partial charge in [-0.3, -0.25) is 24.6 Å². The second-order valence-electron chi connectivity index (χ2n) is 8.44. The highest BCUT2D eigenvalue weighted by atomic mass is 16.2. The molecule has 0 radical (unpaired) electrons. The van der Waals surface area contributed by atoms with Crippen LogP contribution in [0, 0.1) is 0 Å². The van der Waals surface area contributed by atoms with E-state index in [9.17, 15) is 24.0 Å². The van der Waals surface area contributed by atoms with Gasteiger partial charge in [0.25, 0.3) is 11.8 Å². The van der Waals surface area contributed by atoms with Crippen molar-refractivity contribution in [1.29, 1.82) is 0 Å². The Kier molecular flexibility index (Phi) is 5.16. The van der Waals surface area contributed by atoms with Crippen molar-refractivity contribution < 1.29 is 24.0 Å². The number of benzene rings is 1. The number of rotatable bonds is 5. The lowest BCUT2D eigenvalue weighted by atomic mass is 9.82. The molecule has 164 valence electrons. The normalized spacial score (nSPS) is 24.7. The second kappa shape index (κ2) is 7.68. The van der Waals surface area contributed by atoms with E-state index in [1.807, 2.05) is 0 Å². The summed E-state index contributed by atoms with van der Waals surface area (Å²) in [5.41, 5.74) is -1.07. The van der Waals surface area contributed by atoms with Crippen molar-refractivity contribution in [2.75, 3.05) is 11.9 Å². The predicted octanol–water partition coefficient (Wildman–Crippen LogP) is 1.32. The van der Waals surface area contributed by atoms with Crippen molar-refractivity contribution >= 4 is 35.5 Å². The molecule has 3 fully saturated rings. The molecule has 1 spiro atoms. The van der Waals surface area contributed by atoms with E-state index in [1.54, 1.807) is 31.2 Å². The Morgan fingerprint density at radius 2 is 1.84 bits per heavy atom. The molecule has 4 rings (SSSR count). The smallest absolute Gasteiger partial charge is 0.325 e. The van der Waals surface area contributed by atoms with Gasteiger partial charge in [-0.25, -0.2) is 9.59 Å². The number of amides is 7. The average molecular weight is 427 g/mol. The Balaban J connectivity index is 1.38. The molecular formula is C21H25N5O5. The maximum Gasteiger partial charge on any atom is 0.325 e. The quantitative estimate of drug-likeness (QED) is 0.526. The van der Waals surface area contributed by atoms with Crippen LogP contribution >= 0.6 is 0 Å². The Hall–Kier alpha value is -3.43. The number of carbonyl (C=O) groups excluding carboxylic acids is 5. The molecule has 2 saturated heterocycles. The molecule has 2 heterocycles. The zero-order valence-corrected chi connectivity index (χ0v) is 17.2. The monoisotopic (exact) mass is 427 g/mol. The highest BCUT2D eigenvalue weighted by Gasteiger charge is 2.51. The molecule has 2 aliphatic heterocycles. The molecule has 1 saturated carbocycles. The third-order valence-corrected chi connectivity index (χ3v) is 6.28. The highest BCUT2D eigenvalue weighted by Crippen LogP contribution is 2.33. The summed E-state index contributed by atoms with van der Waals surface area (Å²) in [6.45, 7) is 1.57. The topological polar surface area (TPSA) is 137 Å². The minimum atomic E-state index is -1.23. The predicted molar refractivity (Wildman–Crippen MR) is 110 cm³/mol. The minimum absolute atomic E-state index is 0.00583. The first-order chi connectivity index (χ1) is 14.7. The summed E-state index contributed by atoms with van der Waals surface area (Å²) in [5, 5.41) is 10.3. The molecule has 0 bridgehead atoms. The van der Waals surface area contributed by atoms with Gasteiger partial charge in [-0.2, -0.15) is 0 Å². The second-order valence-corrected chi connectivity index (χ2v) is 8.44. The number of hydrogen-bond donors (Lipinski definition) is 4. The van der Waals surface area contributed by atoms with Gasteiger partial charge in [0, 0.05) is 18.7 Å². The molecule has 1 aliphatic carbocycles. The van der Waals surface area contributed by atoms with Crippen molar-refractivity contribution in [1.82, 2.24) is 20.9 Å².